The third kappa shape index (κ3) is 4.40. The van der Waals surface area contributed by atoms with Crippen molar-refractivity contribution in [2.75, 3.05) is 6.61 Å². The van der Waals surface area contributed by atoms with Crippen LogP contribution in [0.1, 0.15) is 68.9 Å². The zero-order valence-corrected chi connectivity index (χ0v) is 20.0. The van der Waals surface area contributed by atoms with Gasteiger partial charge in [0.25, 0.3) is 0 Å². The van der Waals surface area contributed by atoms with Gasteiger partial charge in [-0.05, 0) is 67.7 Å². The summed E-state index contributed by atoms with van der Waals surface area (Å²) < 4.78 is 5.76. The largest absolute Gasteiger partial charge is 0.481 e. The predicted octanol–water partition coefficient (Wildman–Crippen LogP) is 4.60. The van der Waals surface area contributed by atoms with E-state index in [4.69, 9.17) is 9.84 Å². The second-order valence-electron chi connectivity index (χ2n) is 10.5. The lowest BCUT2D eigenvalue weighted by atomic mass is 9.57. The summed E-state index contributed by atoms with van der Waals surface area (Å²) in [6.07, 6.45) is 3.72. The highest BCUT2D eigenvalue weighted by atomic mass is 16.5. The summed E-state index contributed by atoms with van der Waals surface area (Å²) in [7, 11) is 0. The monoisotopic (exact) mass is 476 g/mol. The van der Waals surface area contributed by atoms with Crippen LogP contribution in [0.4, 0.5) is 4.79 Å². The molecule has 1 atom stereocenters. The first-order chi connectivity index (χ1) is 16.8. The van der Waals surface area contributed by atoms with Crippen LogP contribution in [0.25, 0.3) is 11.1 Å². The van der Waals surface area contributed by atoms with E-state index in [1.807, 2.05) is 24.3 Å². The number of nitrogens with one attached hydrogen (secondary N) is 2. The molecule has 7 heteroatoms. The minimum Gasteiger partial charge on any atom is -0.481 e. The lowest BCUT2D eigenvalue weighted by Crippen LogP contribution is -2.60. The number of benzene rings is 2. The third-order valence-electron chi connectivity index (χ3n) is 8.30. The van der Waals surface area contributed by atoms with Gasteiger partial charge in [0.15, 0.2) is 0 Å². The molecule has 2 bridgehead atoms. The first-order valence-corrected chi connectivity index (χ1v) is 12.5. The van der Waals surface area contributed by atoms with Gasteiger partial charge in [-0.3, -0.25) is 9.59 Å². The fourth-order valence-electron chi connectivity index (χ4n) is 6.25. The molecule has 0 aromatic heterocycles. The Morgan fingerprint density at radius 2 is 1.49 bits per heavy atom. The molecule has 0 heterocycles. The lowest BCUT2D eigenvalue weighted by Gasteiger charge is -2.52. The Labute approximate surface area is 205 Å². The van der Waals surface area contributed by atoms with Gasteiger partial charge in [-0.25, -0.2) is 4.79 Å². The Hall–Kier alpha value is -3.35. The van der Waals surface area contributed by atoms with Crippen LogP contribution in [0.3, 0.4) is 0 Å². The van der Waals surface area contributed by atoms with Crippen molar-refractivity contribution in [2.45, 2.75) is 69.4 Å². The average molecular weight is 477 g/mol. The van der Waals surface area contributed by atoms with Gasteiger partial charge in [-0.1, -0.05) is 48.5 Å². The smallest absolute Gasteiger partial charge is 0.407 e. The number of carbonyl (C=O) groups is 3. The second kappa shape index (κ2) is 9.02. The summed E-state index contributed by atoms with van der Waals surface area (Å²) in [5.74, 6) is -0.956. The van der Waals surface area contributed by atoms with Crippen molar-refractivity contribution in [2.24, 2.45) is 5.41 Å². The standard InChI is InChI=1S/C28H32N2O5/c1-18(16-24(31)32)29-25(33)27-10-13-28(14-11-27,15-12-27)30-26(34)35-17-23-21-8-4-2-6-19(21)20-7-3-5-9-22(20)23/h2-9,18,23H,10-17H2,1H3,(H,29,33)(H,30,34)(H,31,32). The Balaban J connectivity index is 1.18. The number of carboxylic acids is 1. The van der Waals surface area contributed by atoms with Crippen molar-refractivity contribution in [3.63, 3.8) is 0 Å². The Bertz CT molecular complexity index is 1090. The van der Waals surface area contributed by atoms with Crippen LogP contribution in [-0.2, 0) is 14.3 Å². The van der Waals surface area contributed by atoms with Gasteiger partial charge in [0, 0.05) is 22.9 Å². The predicted molar refractivity (Wildman–Crippen MR) is 131 cm³/mol. The van der Waals surface area contributed by atoms with Crippen LogP contribution >= 0.6 is 0 Å². The van der Waals surface area contributed by atoms with E-state index in [0.717, 1.165) is 19.3 Å². The van der Waals surface area contributed by atoms with Crippen LogP contribution in [-0.4, -0.2) is 41.3 Å². The topological polar surface area (TPSA) is 105 Å². The maximum Gasteiger partial charge on any atom is 0.407 e. The van der Waals surface area contributed by atoms with Crippen molar-refractivity contribution < 1.29 is 24.2 Å². The molecule has 1 unspecified atom stereocenters. The number of aliphatic carboxylic acids is 1. The molecular formula is C28H32N2O5. The lowest BCUT2D eigenvalue weighted by molar-refractivity contribution is -0.140. The molecule has 0 aliphatic heterocycles. The van der Waals surface area contributed by atoms with E-state index in [1.54, 1.807) is 6.92 Å². The summed E-state index contributed by atoms with van der Waals surface area (Å²) in [4.78, 5) is 36.7. The molecule has 0 spiro atoms. The number of amides is 2. The molecule has 4 aliphatic carbocycles. The summed E-state index contributed by atoms with van der Waals surface area (Å²) >= 11 is 0. The van der Waals surface area contributed by atoms with Crippen LogP contribution in [0.5, 0.6) is 0 Å². The third-order valence-corrected chi connectivity index (χ3v) is 8.30. The van der Waals surface area contributed by atoms with E-state index in [1.165, 1.54) is 22.3 Å². The molecule has 3 N–H and O–H groups in total. The van der Waals surface area contributed by atoms with Gasteiger partial charge in [0.1, 0.15) is 6.61 Å². The second-order valence-corrected chi connectivity index (χ2v) is 10.5. The molecule has 2 amide bonds. The highest BCUT2D eigenvalue weighted by Crippen LogP contribution is 2.52. The van der Waals surface area contributed by atoms with Crippen LogP contribution in [0.15, 0.2) is 48.5 Å². The molecule has 7 nitrogen and oxygen atoms in total. The normalized spacial score (nSPS) is 25.3. The summed E-state index contributed by atoms with van der Waals surface area (Å²) in [5, 5.41) is 15.0. The molecule has 0 saturated heterocycles. The van der Waals surface area contributed by atoms with E-state index in [2.05, 4.69) is 34.9 Å². The quantitative estimate of drug-likeness (QED) is 0.542. The van der Waals surface area contributed by atoms with E-state index in [9.17, 15) is 14.4 Å². The van der Waals surface area contributed by atoms with Crippen LogP contribution < -0.4 is 10.6 Å². The average Bonchev–Trinajstić information content (AvgIpc) is 3.17. The number of ether oxygens (including phenoxy) is 1. The molecule has 2 aromatic rings. The summed E-state index contributed by atoms with van der Waals surface area (Å²) in [6.45, 7) is 2.00. The number of hydrogen-bond acceptors (Lipinski definition) is 4. The van der Waals surface area contributed by atoms with Crippen molar-refractivity contribution in [3.05, 3.63) is 59.7 Å². The first-order valence-electron chi connectivity index (χ1n) is 12.5. The van der Waals surface area contributed by atoms with E-state index in [-0.39, 0.29) is 30.4 Å². The van der Waals surface area contributed by atoms with Gasteiger partial charge in [0.05, 0.1) is 6.42 Å². The van der Waals surface area contributed by atoms with Crippen molar-refractivity contribution >= 4 is 18.0 Å². The zero-order valence-electron chi connectivity index (χ0n) is 20.0. The number of alkyl carbamates (subject to hydrolysis) is 1. The number of rotatable bonds is 7. The maximum absolute atomic E-state index is 12.9. The van der Waals surface area contributed by atoms with Gasteiger partial charge < -0.3 is 20.5 Å². The minimum atomic E-state index is -0.922. The number of fused-ring (bicyclic) bond motifs is 6. The Morgan fingerprint density at radius 3 is 2.03 bits per heavy atom. The summed E-state index contributed by atoms with van der Waals surface area (Å²) in [6, 6.07) is 16.1. The molecule has 2 aromatic carbocycles. The van der Waals surface area contributed by atoms with Gasteiger partial charge in [0.2, 0.25) is 5.91 Å². The van der Waals surface area contributed by atoms with E-state index in [0.29, 0.717) is 19.3 Å². The molecule has 4 aliphatic rings. The molecule has 3 fully saturated rings. The Kier molecular flexibility index (Phi) is 6.03. The van der Waals surface area contributed by atoms with Crippen molar-refractivity contribution in [1.82, 2.24) is 10.6 Å². The van der Waals surface area contributed by atoms with Gasteiger partial charge >= 0.3 is 12.1 Å². The van der Waals surface area contributed by atoms with Crippen LogP contribution in [0.2, 0.25) is 0 Å². The van der Waals surface area contributed by atoms with E-state index >= 15 is 0 Å². The molecule has 184 valence electrons. The molecule has 35 heavy (non-hydrogen) atoms. The SMILES string of the molecule is CC(CC(=O)O)NC(=O)C12CCC(NC(=O)OCC3c4ccccc4-c4ccccc43)(CC1)CC2. The minimum absolute atomic E-state index is 0.0208. The van der Waals surface area contributed by atoms with E-state index < -0.39 is 23.5 Å². The number of carbonyl (C=O) groups excluding carboxylic acids is 2. The van der Waals surface area contributed by atoms with Crippen molar-refractivity contribution in [3.8, 4) is 11.1 Å². The number of hydrogen-bond donors (Lipinski definition) is 3. The molecular weight excluding hydrogens is 444 g/mol. The zero-order chi connectivity index (χ0) is 24.6. The van der Waals surface area contributed by atoms with Gasteiger partial charge in [-0.15, -0.1) is 0 Å². The van der Waals surface area contributed by atoms with Crippen LogP contribution in [0, 0.1) is 5.41 Å². The fourth-order valence-corrected chi connectivity index (χ4v) is 6.25. The fraction of sp³-hybridized carbons (Fsp3) is 0.464. The molecule has 6 rings (SSSR count). The highest BCUT2D eigenvalue weighted by Gasteiger charge is 2.53. The first kappa shape index (κ1) is 23.4. The van der Waals surface area contributed by atoms with Crippen molar-refractivity contribution in [1.29, 1.82) is 0 Å². The highest BCUT2D eigenvalue weighted by molar-refractivity contribution is 5.84. The molecule has 3 saturated carbocycles. The van der Waals surface area contributed by atoms with Gasteiger partial charge in [-0.2, -0.15) is 0 Å². The summed E-state index contributed by atoms with van der Waals surface area (Å²) in [5.41, 5.74) is 3.96. The number of carboxylic acid groups (broad SMARTS) is 1. The molecule has 0 radical (unpaired) electrons. The Morgan fingerprint density at radius 1 is 0.943 bits per heavy atom. The maximum atomic E-state index is 12.9.